The highest BCUT2D eigenvalue weighted by Crippen LogP contribution is 2.23. The maximum absolute atomic E-state index is 3.97. The monoisotopic (exact) mass is 164 g/mol. The second-order valence-electron chi connectivity index (χ2n) is 2.29. The summed E-state index contributed by atoms with van der Waals surface area (Å²) in [6, 6.07) is 6.16. The number of fused-ring (bicyclic) bond motifs is 1. The van der Waals surface area contributed by atoms with Crippen molar-refractivity contribution in [1.29, 1.82) is 0 Å². The number of rotatable bonds is 1. The Morgan fingerprint density at radius 1 is 1.45 bits per heavy atom. The first-order chi connectivity index (χ1) is 5.42. The van der Waals surface area contributed by atoms with E-state index in [4.69, 9.17) is 0 Å². The molecule has 0 bridgehead atoms. The van der Waals surface area contributed by atoms with E-state index in [0.29, 0.717) is 0 Å². The molecule has 0 amide bonds. The van der Waals surface area contributed by atoms with Crippen molar-refractivity contribution in [3.05, 3.63) is 24.4 Å². The van der Waals surface area contributed by atoms with Crippen LogP contribution in [0.5, 0.6) is 0 Å². The predicted octanol–water partition coefficient (Wildman–Crippen LogP) is 2.28. The van der Waals surface area contributed by atoms with Crippen LogP contribution in [0.2, 0.25) is 0 Å². The third kappa shape index (κ3) is 1.01. The summed E-state index contributed by atoms with van der Waals surface area (Å²) in [6.45, 7) is 0. The smallest absolute Gasteiger partial charge is 0.0661 e. The van der Waals surface area contributed by atoms with Crippen molar-refractivity contribution < 1.29 is 0 Å². The quantitative estimate of drug-likeness (QED) is 0.655. The molecular formula is C8H8N2S. The van der Waals surface area contributed by atoms with E-state index in [9.17, 15) is 0 Å². The molecule has 3 heteroatoms. The highest BCUT2D eigenvalue weighted by atomic mass is 32.2. The molecule has 0 aliphatic carbocycles. The summed E-state index contributed by atoms with van der Waals surface area (Å²) in [5, 5.41) is 8.11. The van der Waals surface area contributed by atoms with E-state index in [-0.39, 0.29) is 0 Å². The first-order valence-corrected chi connectivity index (χ1v) is 4.60. The summed E-state index contributed by atoms with van der Waals surface area (Å²) < 4.78 is 0. The van der Waals surface area contributed by atoms with Gasteiger partial charge in [-0.15, -0.1) is 11.8 Å². The largest absolute Gasteiger partial charge is 0.278 e. The van der Waals surface area contributed by atoms with Gasteiger partial charge < -0.3 is 0 Å². The molecule has 1 N–H and O–H groups in total. The van der Waals surface area contributed by atoms with Crippen LogP contribution in [0.4, 0.5) is 0 Å². The van der Waals surface area contributed by atoms with Crippen LogP contribution in [0.15, 0.2) is 29.3 Å². The van der Waals surface area contributed by atoms with Crippen molar-refractivity contribution in [2.24, 2.45) is 0 Å². The van der Waals surface area contributed by atoms with E-state index >= 15 is 0 Å². The second kappa shape index (κ2) is 2.58. The number of hydrogen-bond donors (Lipinski definition) is 1. The number of nitrogens with one attached hydrogen (secondary N) is 1. The van der Waals surface area contributed by atoms with Gasteiger partial charge in [0.2, 0.25) is 0 Å². The number of aromatic amines is 1. The lowest BCUT2D eigenvalue weighted by atomic mass is 10.3. The zero-order valence-electron chi connectivity index (χ0n) is 6.16. The number of H-pyrrole nitrogens is 1. The van der Waals surface area contributed by atoms with E-state index in [1.807, 2.05) is 18.3 Å². The molecule has 0 aliphatic heterocycles. The first kappa shape index (κ1) is 6.73. The number of thioether (sulfide) groups is 1. The number of aromatic nitrogens is 2. The Balaban J connectivity index is 2.79. The van der Waals surface area contributed by atoms with Crippen LogP contribution in [-0.2, 0) is 0 Å². The Bertz CT molecular complexity index is 367. The minimum Gasteiger partial charge on any atom is -0.278 e. The van der Waals surface area contributed by atoms with Crippen LogP contribution in [0.1, 0.15) is 0 Å². The lowest BCUT2D eigenvalue weighted by Crippen LogP contribution is -1.70. The van der Waals surface area contributed by atoms with Crippen molar-refractivity contribution in [3.63, 3.8) is 0 Å². The van der Waals surface area contributed by atoms with Gasteiger partial charge in [0.15, 0.2) is 0 Å². The minimum absolute atomic E-state index is 1.11. The second-order valence-corrected chi connectivity index (χ2v) is 3.14. The number of benzene rings is 1. The van der Waals surface area contributed by atoms with Gasteiger partial charge >= 0.3 is 0 Å². The molecule has 0 saturated carbocycles. The Kier molecular flexibility index (Phi) is 1.58. The average molecular weight is 164 g/mol. The predicted molar refractivity (Wildman–Crippen MR) is 47.9 cm³/mol. The molecule has 0 radical (unpaired) electrons. The van der Waals surface area contributed by atoms with Crippen LogP contribution < -0.4 is 0 Å². The molecule has 1 aromatic heterocycles. The molecule has 2 rings (SSSR count). The topological polar surface area (TPSA) is 28.7 Å². The van der Waals surface area contributed by atoms with E-state index in [0.717, 1.165) is 5.52 Å². The maximum Gasteiger partial charge on any atom is 0.0661 e. The first-order valence-electron chi connectivity index (χ1n) is 3.38. The molecule has 0 unspecified atom stereocenters. The van der Waals surface area contributed by atoms with Gasteiger partial charge in [-0.05, 0) is 18.4 Å². The van der Waals surface area contributed by atoms with Crippen LogP contribution in [-0.4, -0.2) is 16.5 Å². The average Bonchev–Trinajstić information content (AvgIpc) is 2.50. The molecule has 11 heavy (non-hydrogen) atoms. The van der Waals surface area contributed by atoms with E-state index < -0.39 is 0 Å². The highest BCUT2D eigenvalue weighted by Gasteiger charge is 1.98. The van der Waals surface area contributed by atoms with Crippen molar-refractivity contribution >= 4 is 22.7 Å². The number of nitrogens with zero attached hydrogens (tertiary/aromatic N) is 1. The van der Waals surface area contributed by atoms with Gasteiger partial charge in [0.1, 0.15) is 0 Å². The Labute approximate surface area is 69.0 Å². The molecule has 0 spiro atoms. The van der Waals surface area contributed by atoms with Gasteiger partial charge in [-0.25, -0.2) is 0 Å². The van der Waals surface area contributed by atoms with Gasteiger partial charge in [0.25, 0.3) is 0 Å². The molecule has 2 aromatic rings. The molecule has 1 aromatic carbocycles. The maximum atomic E-state index is 3.97. The molecule has 2 nitrogen and oxygen atoms in total. The summed E-state index contributed by atoms with van der Waals surface area (Å²) in [5.74, 6) is 0. The Hall–Kier alpha value is -0.960. The molecule has 0 fully saturated rings. The highest BCUT2D eigenvalue weighted by molar-refractivity contribution is 7.98. The minimum atomic E-state index is 1.11. The summed E-state index contributed by atoms with van der Waals surface area (Å²) in [5.41, 5.74) is 1.11. The van der Waals surface area contributed by atoms with Gasteiger partial charge in [-0.3, -0.25) is 5.10 Å². The molecule has 0 aliphatic rings. The van der Waals surface area contributed by atoms with E-state index in [1.165, 1.54) is 10.3 Å². The van der Waals surface area contributed by atoms with Crippen molar-refractivity contribution in [2.45, 2.75) is 4.90 Å². The zero-order chi connectivity index (χ0) is 7.68. The Morgan fingerprint density at radius 2 is 2.36 bits per heavy atom. The van der Waals surface area contributed by atoms with Crippen molar-refractivity contribution in [3.8, 4) is 0 Å². The summed E-state index contributed by atoms with van der Waals surface area (Å²) in [6.07, 6.45) is 3.93. The third-order valence-electron chi connectivity index (χ3n) is 1.66. The van der Waals surface area contributed by atoms with E-state index in [1.54, 1.807) is 11.8 Å². The molecule has 56 valence electrons. The van der Waals surface area contributed by atoms with Crippen LogP contribution >= 0.6 is 11.8 Å². The van der Waals surface area contributed by atoms with Gasteiger partial charge in [0.05, 0.1) is 11.7 Å². The van der Waals surface area contributed by atoms with Gasteiger partial charge in [-0.2, -0.15) is 5.10 Å². The fourth-order valence-electron chi connectivity index (χ4n) is 1.12. The fourth-order valence-corrected chi connectivity index (χ4v) is 1.72. The van der Waals surface area contributed by atoms with Crippen LogP contribution in [0, 0.1) is 0 Å². The zero-order valence-corrected chi connectivity index (χ0v) is 6.98. The number of hydrogen-bond acceptors (Lipinski definition) is 2. The van der Waals surface area contributed by atoms with E-state index in [2.05, 4.69) is 22.5 Å². The van der Waals surface area contributed by atoms with Crippen LogP contribution in [0.3, 0.4) is 0 Å². The summed E-state index contributed by atoms with van der Waals surface area (Å²) in [7, 11) is 0. The normalized spacial score (nSPS) is 10.6. The van der Waals surface area contributed by atoms with Crippen LogP contribution in [0.25, 0.3) is 10.9 Å². The third-order valence-corrected chi connectivity index (χ3v) is 2.46. The molecular weight excluding hydrogens is 156 g/mol. The van der Waals surface area contributed by atoms with Crippen molar-refractivity contribution in [1.82, 2.24) is 10.2 Å². The SMILES string of the molecule is CSc1cccc2[nH]ncc12. The summed E-state index contributed by atoms with van der Waals surface area (Å²) in [4.78, 5) is 1.27. The molecule has 1 heterocycles. The summed E-state index contributed by atoms with van der Waals surface area (Å²) >= 11 is 1.74. The lowest BCUT2D eigenvalue weighted by Gasteiger charge is -1.95. The lowest BCUT2D eigenvalue weighted by molar-refractivity contribution is 1.12. The van der Waals surface area contributed by atoms with Crippen molar-refractivity contribution in [2.75, 3.05) is 6.26 Å². The molecule has 0 atom stereocenters. The van der Waals surface area contributed by atoms with Gasteiger partial charge in [0, 0.05) is 10.3 Å². The fraction of sp³-hybridized carbons (Fsp3) is 0.125. The Morgan fingerprint density at radius 3 is 3.18 bits per heavy atom. The standard InChI is InChI=1S/C8H8N2S/c1-11-8-4-2-3-7-6(8)5-9-10-7/h2-5H,1H3,(H,9,10). The molecule has 0 saturated heterocycles. The van der Waals surface area contributed by atoms with Gasteiger partial charge in [-0.1, -0.05) is 6.07 Å².